The maximum Gasteiger partial charge on any atom is 0.407 e. The molecule has 276 valence electrons. The molecule has 3 aromatic rings. The van der Waals surface area contributed by atoms with Crippen LogP contribution in [-0.2, 0) is 0 Å². The van der Waals surface area contributed by atoms with Crippen LogP contribution in [0.5, 0.6) is 17.2 Å². The molecule has 3 aromatic carbocycles. The van der Waals surface area contributed by atoms with Gasteiger partial charge in [-0.1, -0.05) is 121 Å². The van der Waals surface area contributed by atoms with E-state index in [1.807, 2.05) is 20.8 Å². The number of carboxylic acid groups (broad SMARTS) is 1. The molecule has 1 N–H and O–H groups in total. The highest BCUT2D eigenvalue weighted by atomic mass is 16.5. The molecule has 0 unspecified atom stereocenters. The monoisotopic (exact) mass is 687 g/mol. The minimum Gasteiger partial charge on any atom is -0.494 e. The fraction of sp³-hybridized carbons (Fsp3) is 0.568. The third-order valence-corrected chi connectivity index (χ3v) is 9.19. The Bertz CT molecular complexity index is 1350. The topological polar surface area (TPSA) is 68.2 Å². The minimum atomic E-state index is -0.819. The molecule has 0 aliphatic heterocycles. The Kier molecular flexibility index (Phi) is 18.7. The molecule has 50 heavy (non-hydrogen) atoms. The van der Waals surface area contributed by atoms with E-state index in [2.05, 4.69) is 80.6 Å². The number of carbonyl (C=O) groups is 1. The van der Waals surface area contributed by atoms with Gasteiger partial charge >= 0.3 is 6.09 Å². The van der Waals surface area contributed by atoms with Crippen molar-refractivity contribution in [2.45, 2.75) is 136 Å². The van der Waals surface area contributed by atoms with Crippen molar-refractivity contribution in [3.05, 3.63) is 66.7 Å². The first kappa shape index (κ1) is 40.8. The van der Waals surface area contributed by atoms with Crippen LogP contribution >= 0.6 is 0 Å². The summed E-state index contributed by atoms with van der Waals surface area (Å²) < 4.78 is 18.3. The zero-order chi connectivity index (χ0) is 36.0. The van der Waals surface area contributed by atoms with Crippen LogP contribution in [0.3, 0.4) is 0 Å². The lowest BCUT2D eigenvalue weighted by Crippen LogP contribution is -2.45. The zero-order valence-corrected chi connectivity index (χ0v) is 31.8. The highest BCUT2D eigenvalue weighted by Gasteiger charge is 2.25. The van der Waals surface area contributed by atoms with Gasteiger partial charge in [-0.2, -0.15) is 0 Å². The number of rotatable bonds is 25. The molecule has 0 aliphatic carbocycles. The van der Waals surface area contributed by atoms with Gasteiger partial charge in [0.15, 0.2) is 0 Å². The van der Waals surface area contributed by atoms with Crippen LogP contribution < -0.4 is 14.2 Å². The first-order valence-electron chi connectivity index (χ1n) is 19.5. The predicted octanol–water partition coefficient (Wildman–Crippen LogP) is 12.8. The summed E-state index contributed by atoms with van der Waals surface area (Å²) in [7, 11) is 0. The second-order valence-electron chi connectivity index (χ2n) is 14.5. The lowest BCUT2D eigenvalue weighted by Gasteiger charge is -2.33. The van der Waals surface area contributed by atoms with Crippen molar-refractivity contribution in [3.63, 3.8) is 0 Å². The van der Waals surface area contributed by atoms with Gasteiger partial charge in [0, 0.05) is 23.7 Å². The summed E-state index contributed by atoms with van der Waals surface area (Å²) >= 11 is 0. The van der Waals surface area contributed by atoms with E-state index in [4.69, 9.17) is 14.2 Å². The third-order valence-electron chi connectivity index (χ3n) is 9.19. The quantitative estimate of drug-likeness (QED) is 0.0898. The number of hydrogen-bond acceptors (Lipinski definition) is 4. The molecule has 0 aliphatic rings. The van der Waals surface area contributed by atoms with E-state index in [0.29, 0.717) is 19.8 Å². The molecular weight excluding hydrogens is 622 g/mol. The van der Waals surface area contributed by atoms with E-state index < -0.39 is 6.09 Å². The molecule has 1 amide bonds. The Balaban J connectivity index is 1.43. The summed E-state index contributed by atoms with van der Waals surface area (Å²) in [6.07, 6.45) is 16.4. The van der Waals surface area contributed by atoms with Crippen LogP contribution in [0.4, 0.5) is 4.79 Å². The highest BCUT2D eigenvalue weighted by molar-refractivity contribution is 5.75. The average molecular weight is 688 g/mol. The predicted molar refractivity (Wildman–Crippen MR) is 209 cm³/mol. The van der Waals surface area contributed by atoms with Crippen molar-refractivity contribution < 1.29 is 24.1 Å². The standard InChI is InChI=1S/C44H65NO5/c1-6-8-19-33-48-39-27-25-37(26-28-39)36-21-23-38(24-22-36)41-30-29-40(49-32-9-7-2)35-42(41)50-34-20-17-15-13-11-10-12-14-16-18-31-45(43(46)47)44(3,4)5/h21-30,35H,6-20,31-34H2,1-5H3,(H,46,47). The first-order valence-corrected chi connectivity index (χ1v) is 19.5. The number of amides is 1. The molecule has 0 aromatic heterocycles. The van der Waals surface area contributed by atoms with E-state index >= 15 is 0 Å². The third kappa shape index (κ3) is 15.1. The SMILES string of the molecule is CCCCCOc1ccc(-c2ccc(-c3ccc(OCCCC)cc3OCCCCCCCCCCCCN(C(=O)O)C(C)(C)C)cc2)cc1. The lowest BCUT2D eigenvalue weighted by molar-refractivity contribution is 0.0989. The molecule has 0 radical (unpaired) electrons. The summed E-state index contributed by atoms with van der Waals surface area (Å²) in [6, 6.07) is 23.4. The van der Waals surface area contributed by atoms with Crippen LogP contribution in [-0.4, -0.2) is 48.0 Å². The molecule has 0 bridgehead atoms. The van der Waals surface area contributed by atoms with Gasteiger partial charge in [-0.25, -0.2) is 4.79 Å². The molecule has 0 atom stereocenters. The van der Waals surface area contributed by atoms with E-state index in [9.17, 15) is 9.90 Å². The number of benzene rings is 3. The summed E-state index contributed by atoms with van der Waals surface area (Å²) in [5.74, 6) is 2.67. The Labute approximate surface area is 303 Å². The second kappa shape index (κ2) is 22.9. The molecule has 6 heteroatoms. The molecule has 0 heterocycles. The van der Waals surface area contributed by atoms with Crippen molar-refractivity contribution in [2.75, 3.05) is 26.4 Å². The Morgan fingerprint density at radius 2 is 1.02 bits per heavy atom. The van der Waals surface area contributed by atoms with E-state index in [-0.39, 0.29) is 5.54 Å². The summed E-state index contributed by atoms with van der Waals surface area (Å²) in [4.78, 5) is 13.0. The summed E-state index contributed by atoms with van der Waals surface area (Å²) in [5, 5.41) is 9.43. The second-order valence-corrected chi connectivity index (χ2v) is 14.5. The minimum absolute atomic E-state index is 0.337. The van der Waals surface area contributed by atoms with Crippen LogP contribution in [0.15, 0.2) is 66.7 Å². The number of hydrogen-bond donors (Lipinski definition) is 1. The van der Waals surface area contributed by atoms with Gasteiger partial charge in [-0.05, 0) is 87.4 Å². The Hall–Kier alpha value is -3.67. The van der Waals surface area contributed by atoms with Crippen molar-refractivity contribution in [1.29, 1.82) is 0 Å². The van der Waals surface area contributed by atoms with Gasteiger partial charge in [0.1, 0.15) is 17.2 Å². The first-order chi connectivity index (χ1) is 24.2. The maximum absolute atomic E-state index is 11.5. The van der Waals surface area contributed by atoms with Crippen LogP contribution in [0, 0.1) is 0 Å². The molecule has 0 saturated heterocycles. The van der Waals surface area contributed by atoms with Crippen LogP contribution in [0.2, 0.25) is 0 Å². The molecule has 0 spiro atoms. The number of nitrogens with zero attached hydrogens (tertiary/aromatic N) is 1. The molecular formula is C44H65NO5. The number of unbranched alkanes of at least 4 members (excludes halogenated alkanes) is 12. The van der Waals surface area contributed by atoms with Gasteiger partial charge in [0.25, 0.3) is 0 Å². The molecule has 0 fully saturated rings. The van der Waals surface area contributed by atoms with E-state index in [1.165, 1.54) is 62.5 Å². The van der Waals surface area contributed by atoms with E-state index in [1.54, 1.807) is 4.90 Å². The smallest absolute Gasteiger partial charge is 0.407 e. The van der Waals surface area contributed by atoms with Gasteiger partial charge in [0.2, 0.25) is 0 Å². The number of ether oxygens (including phenoxy) is 3. The summed E-state index contributed by atoms with van der Waals surface area (Å²) in [5.41, 5.74) is 4.24. The average Bonchev–Trinajstić information content (AvgIpc) is 3.10. The van der Waals surface area contributed by atoms with Crippen molar-refractivity contribution >= 4 is 6.09 Å². The maximum atomic E-state index is 11.5. The largest absolute Gasteiger partial charge is 0.494 e. The molecule has 6 nitrogen and oxygen atoms in total. The van der Waals surface area contributed by atoms with E-state index in [0.717, 1.165) is 79.9 Å². The Morgan fingerprint density at radius 1 is 0.560 bits per heavy atom. The normalized spacial score (nSPS) is 11.4. The van der Waals surface area contributed by atoms with Crippen LogP contribution in [0.1, 0.15) is 131 Å². The van der Waals surface area contributed by atoms with Crippen LogP contribution in [0.25, 0.3) is 22.3 Å². The van der Waals surface area contributed by atoms with Crippen molar-refractivity contribution in [3.8, 4) is 39.5 Å². The van der Waals surface area contributed by atoms with Gasteiger partial charge in [-0.3, -0.25) is 0 Å². The van der Waals surface area contributed by atoms with Gasteiger partial charge in [-0.15, -0.1) is 0 Å². The lowest BCUT2D eigenvalue weighted by atomic mass is 9.99. The molecule has 3 rings (SSSR count). The van der Waals surface area contributed by atoms with Crippen molar-refractivity contribution in [2.24, 2.45) is 0 Å². The van der Waals surface area contributed by atoms with Gasteiger partial charge < -0.3 is 24.2 Å². The molecule has 0 saturated carbocycles. The fourth-order valence-electron chi connectivity index (χ4n) is 6.10. The van der Waals surface area contributed by atoms with Crippen molar-refractivity contribution in [1.82, 2.24) is 4.90 Å². The summed E-state index contributed by atoms with van der Waals surface area (Å²) in [6.45, 7) is 13.1. The highest BCUT2D eigenvalue weighted by Crippen LogP contribution is 2.35. The Morgan fingerprint density at radius 3 is 1.60 bits per heavy atom. The fourth-order valence-corrected chi connectivity index (χ4v) is 6.10. The zero-order valence-electron chi connectivity index (χ0n) is 31.8. The van der Waals surface area contributed by atoms with Gasteiger partial charge in [0.05, 0.1) is 19.8 Å².